The van der Waals surface area contributed by atoms with Gasteiger partial charge in [-0.1, -0.05) is 0 Å². The molecule has 23 heavy (non-hydrogen) atoms. The van der Waals surface area contributed by atoms with Gasteiger partial charge in [0, 0.05) is 35.1 Å². The molecule has 3 rings (SSSR count). The molecule has 1 aliphatic heterocycles. The van der Waals surface area contributed by atoms with Crippen LogP contribution in [0.15, 0.2) is 29.1 Å². The number of amides is 1. The highest BCUT2D eigenvalue weighted by Gasteiger charge is 2.19. The van der Waals surface area contributed by atoms with E-state index in [9.17, 15) is 19.7 Å². The molecule has 1 aromatic heterocycles. The highest BCUT2D eigenvalue weighted by molar-refractivity contribution is 6.06. The Labute approximate surface area is 131 Å². The lowest BCUT2D eigenvalue weighted by atomic mass is 10.0. The minimum Gasteiger partial charge on any atom is -0.349 e. The summed E-state index contributed by atoms with van der Waals surface area (Å²) in [6.45, 7) is 1.65. The number of hydrogen-bond acceptors (Lipinski definition) is 5. The van der Waals surface area contributed by atoms with Crippen LogP contribution in [0.5, 0.6) is 0 Å². The number of carbonyl (C=O) groups excluding carboxylic acids is 1. The molecule has 2 aromatic rings. The summed E-state index contributed by atoms with van der Waals surface area (Å²) in [6.07, 6.45) is 1.63. The molecule has 0 spiro atoms. The van der Waals surface area contributed by atoms with Gasteiger partial charge in [0.2, 0.25) is 5.56 Å². The van der Waals surface area contributed by atoms with Crippen molar-refractivity contribution in [3.8, 4) is 0 Å². The van der Waals surface area contributed by atoms with Crippen LogP contribution in [0.2, 0.25) is 0 Å². The van der Waals surface area contributed by atoms with Gasteiger partial charge in [0.15, 0.2) is 0 Å². The monoisotopic (exact) mass is 316 g/mol. The Morgan fingerprint density at radius 2 is 2.00 bits per heavy atom. The highest BCUT2D eigenvalue weighted by atomic mass is 16.6. The number of H-pyrrole nitrogens is 1. The quantitative estimate of drug-likeness (QED) is 0.575. The molecule has 1 aliphatic rings. The summed E-state index contributed by atoms with van der Waals surface area (Å²) in [5, 5.41) is 17.4. The van der Waals surface area contributed by atoms with Gasteiger partial charge in [-0.3, -0.25) is 19.7 Å². The number of fused-ring (bicyclic) bond motifs is 1. The molecule has 3 N–H and O–H groups in total. The van der Waals surface area contributed by atoms with E-state index in [1.807, 2.05) is 0 Å². The molecule has 8 heteroatoms. The normalized spacial score (nSPS) is 15.5. The average molecular weight is 316 g/mol. The lowest BCUT2D eigenvalue weighted by Crippen LogP contribution is -2.42. The van der Waals surface area contributed by atoms with Crippen molar-refractivity contribution < 1.29 is 9.72 Å². The molecule has 0 bridgehead atoms. The van der Waals surface area contributed by atoms with Gasteiger partial charge in [0.25, 0.3) is 11.6 Å². The molecule has 1 amide bonds. The second kappa shape index (κ2) is 6.17. The number of hydrogen-bond donors (Lipinski definition) is 3. The number of non-ortho nitro benzene ring substituents is 1. The third-order valence-electron chi connectivity index (χ3n) is 3.96. The van der Waals surface area contributed by atoms with Crippen molar-refractivity contribution in [2.75, 3.05) is 13.1 Å². The van der Waals surface area contributed by atoms with Crippen LogP contribution < -0.4 is 16.2 Å². The van der Waals surface area contributed by atoms with Crippen LogP contribution in [0.25, 0.3) is 10.9 Å². The minimum atomic E-state index is -0.529. The molecule has 120 valence electrons. The molecule has 2 heterocycles. The van der Waals surface area contributed by atoms with Crippen LogP contribution in [-0.2, 0) is 0 Å². The number of aromatic nitrogens is 1. The standard InChI is InChI=1S/C15H16N4O4/c20-14-8-12(15(21)17-9-3-5-16-6-4-9)11-7-10(19(22)23)1-2-13(11)18-14/h1-2,7-9,16H,3-6H2,(H,17,21)(H,18,20). The van der Waals surface area contributed by atoms with E-state index < -0.39 is 10.5 Å². The fourth-order valence-corrected chi connectivity index (χ4v) is 2.77. The number of nitrogens with zero attached hydrogens (tertiary/aromatic N) is 1. The van der Waals surface area contributed by atoms with Gasteiger partial charge in [-0.25, -0.2) is 0 Å². The van der Waals surface area contributed by atoms with E-state index in [2.05, 4.69) is 15.6 Å². The van der Waals surface area contributed by atoms with Gasteiger partial charge in [0.1, 0.15) is 0 Å². The van der Waals surface area contributed by atoms with Crippen LogP contribution in [0.1, 0.15) is 23.2 Å². The Morgan fingerprint density at radius 1 is 1.26 bits per heavy atom. The number of nitro benzene ring substituents is 1. The van der Waals surface area contributed by atoms with Crippen molar-refractivity contribution in [2.24, 2.45) is 0 Å². The van der Waals surface area contributed by atoms with E-state index in [-0.39, 0.29) is 23.2 Å². The summed E-state index contributed by atoms with van der Waals surface area (Å²) < 4.78 is 0. The van der Waals surface area contributed by atoms with Crippen molar-refractivity contribution in [1.82, 2.24) is 15.6 Å². The summed E-state index contributed by atoms with van der Waals surface area (Å²) in [5.74, 6) is -0.381. The van der Waals surface area contributed by atoms with E-state index >= 15 is 0 Å². The number of benzene rings is 1. The van der Waals surface area contributed by atoms with Gasteiger partial charge in [-0.2, -0.15) is 0 Å². The van der Waals surface area contributed by atoms with Gasteiger partial charge >= 0.3 is 0 Å². The Balaban J connectivity index is 2.00. The van der Waals surface area contributed by atoms with Crippen LogP contribution >= 0.6 is 0 Å². The zero-order chi connectivity index (χ0) is 16.4. The first-order valence-corrected chi connectivity index (χ1v) is 7.37. The highest BCUT2D eigenvalue weighted by Crippen LogP contribution is 2.21. The number of aromatic amines is 1. The zero-order valence-corrected chi connectivity index (χ0v) is 12.3. The second-order valence-electron chi connectivity index (χ2n) is 5.53. The molecule has 0 atom stereocenters. The molecule has 0 unspecified atom stereocenters. The van der Waals surface area contributed by atoms with Crippen molar-refractivity contribution in [3.05, 3.63) is 50.3 Å². The number of nitrogens with one attached hydrogen (secondary N) is 3. The van der Waals surface area contributed by atoms with Gasteiger partial charge in [-0.05, 0) is 32.0 Å². The largest absolute Gasteiger partial charge is 0.349 e. The minimum absolute atomic E-state index is 0.0387. The van der Waals surface area contributed by atoms with Gasteiger partial charge < -0.3 is 15.6 Å². The average Bonchev–Trinajstić information content (AvgIpc) is 2.54. The molecule has 1 saturated heterocycles. The lowest BCUT2D eigenvalue weighted by molar-refractivity contribution is -0.384. The van der Waals surface area contributed by atoms with Crippen LogP contribution in [0.4, 0.5) is 5.69 Å². The molecular weight excluding hydrogens is 300 g/mol. The predicted molar refractivity (Wildman–Crippen MR) is 84.6 cm³/mol. The molecular formula is C15H16N4O4. The van der Waals surface area contributed by atoms with Crippen molar-refractivity contribution in [1.29, 1.82) is 0 Å². The summed E-state index contributed by atoms with van der Waals surface area (Å²) in [5.41, 5.74) is 0.0202. The topological polar surface area (TPSA) is 117 Å². The summed E-state index contributed by atoms with van der Waals surface area (Å²) in [7, 11) is 0. The Bertz CT molecular complexity index is 824. The molecule has 1 aromatic carbocycles. The lowest BCUT2D eigenvalue weighted by Gasteiger charge is -2.23. The number of nitro groups is 1. The Kier molecular flexibility index (Phi) is 4.07. The van der Waals surface area contributed by atoms with E-state index in [1.54, 1.807) is 0 Å². The van der Waals surface area contributed by atoms with Crippen LogP contribution in [0, 0.1) is 10.1 Å². The van der Waals surface area contributed by atoms with E-state index in [1.165, 1.54) is 24.3 Å². The van der Waals surface area contributed by atoms with Gasteiger partial charge in [0.05, 0.1) is 10.5 Å². The molecule has 0 radical (unpaired) electrons. The number of pyridine rings is 1. The fraction of sp³-hybridized carbons (Fsp3) is 0.333. The van der Waals surface area contributed by atoms with E-state index in [0.717, 1.165) is 25.9 Å². The summed E-state index contributed by atoms with van der Waals surface area (Å²) >= 11 is 0. The molecule has 0 aliphatic carbocycles. The fourth-order valence-electron chi connectivity index (χ4n) is 2.77. The van der Waals surface area contributed by atoms with Crippen molar-refractivity contribution >= 4 is 22.5 Å². The van der Waals surface area contributed by atoms with Crippen molar-refractivity contribution in [3.63, 3.8) is 0 Å². The first-order chi connectivity index (χ1) is 11.0. The first kappa shape index (κ1) is 15.2. The first-order valence-electron chi connectivity index (χ1n) is 7.37. The maximum absolute atomic E-state index is 12.5. The maximum Gasteiger partial charge on any atom is 0.270 e. The Hall–Kier alpha value is -2.74. The summed E-state index contributed by atoms with van der Waals surface area (Å²) in [6, 6.07) is 5.27. The maximum atomic E-state index is 12.5. The molecule has 8 nitrogen and oxygen atoms in total. The van der Waals surface area contributed by atoms with Crippen LogP contribution in [-0.4, -0.2) is 34.9 Å². The molecule has 1 fully saturated rings. The van der Waals surface area contributed by atoms with Crippen LogP contribution in [0.3, 0.4) is 0 Å². The molecule has 0 saturated carbocycles. The number of piperidine rings is 1. The SMILES string of the molecule is O=C(NC1CCNCC1)c1cc(=O)[nH]c2ccc([N+](=O)[O-])cc12. The summed E-state index contributed by atoms with van der Waals surface area (Å²) in [4.78, 5) is 37.2. The predicted octanol–water partition coefficient (Wildman–Crippen LogP) is 0.918. The van der Waals surface area contributed by atoms with Gasteiger partial charge in [-0.15, -0.1) is 0 Å². The second-order valence-corrected chi connectivity index (χ2v) is 5.53. The van der Waals surface area contributed by atoms with Crippen molar-refractivity contribution in [2.45, 2.75) is 18.9 Å². The number of rotatable bonds is 3. The van der Waals surface area contributed by atoms with E-state index in [0.29, 0.717) is 10.9 Å². The van der Waals surface area contributed by atoms with E-state index in [4.69, 9.17) is 0 Å². The third kappa shape index (κ3) is 3.21. The third-order valence-corrected chi connectivity index (χ3v) is 3.96. The zero-order valence-electron chi connectivity index (χ0n) is 12.3. The smallest absolute Gasteiger partial charge is 0.270 e. The number of carbonyl (C=O) groups is 1. The Morgan fingerprint density at radius 3 is 2.70 bits per heavy atom.